The molecule has 0 amide bonds. The van der Waals surface area contributed by atoms with E-state index in [0.717, 1.165) is 4.90 Å². The minimum atomic E-state index is -4.28. The summed E-state index contributed by atoms with van der Waals surface area (Å²) in [4.78, 5) is 0.988. The van der Waals surface area contributed by atoms with Crippen LogP contribution in [-0.4, -0.2) is 49.0 Å². The average molecular weight is 278 g/mol. The summed E-state index contributed by atoms with van der Waals surface area (Å²) in [6.45, 7) is -1.32. The molecule has 0 aromatic heterocycles. The van der Waals surface area contributed by atoms with Crippen LogP contribution in [-0.2, 0) is 0 Å². The second-order valence-electron chi connectivity index (χ2n) is 4.31. The molecule has 0 aliphatic rings. The molecule has 0 spiro atoms. The monoisotopic (exact) mass is 278 g/mol. The normalized spacial score (nSPS) is 13.6. The molecule has 1 rings (SSSR count). The van der Waals surface area contributed by atoms with Crippen LogP contribution >= 0.6 is 0 Å². The number of anilines is 1. The van der Waals surface area contributed by atoms with Gasteiger partial charge >= 0.3 is 6.18 Å². The first-order valence-electron chi connectivity index (χ1n) is 5.68. The Morgan fingerprint density at radius 2 is 2.00 bits per heavy atom. The molecule has 7 heteroatoms. The standard InChI is InChI=1S/C12H17F3N2O2/c1-17(8-12(13,14)15)6-9(18)7-19-11-5-3-2-4-10(11)16/h2-5,9,18H,6-8,16H2,1H3. The van der Waals surface area contributed by atoms with Crippen LogP contribution in [0, 0.1) is 0 Å². The fraction of sp³-hybridized carbons (Fsp3) is 0.500. The maximum Gasteiger partial charge on any atom is 0.401 e. The van der Waals surface area contributed by atoms with Gasteiger partial charge in [-0.1, -0.05) is 12.1 Å². The summed E-state index contributed by atoms with van der Waals surface area (Å²) in [5.74, 6) is 0.403. The molecule has 0 heterocycles. The number of alkyl halides is 3. The lowest BCUT2D eigenvalue weighted by Gasteiger charge is -2.22. The molecule has 0 aliphatic heterocycles. The van der Waals surface area contributed by atoms with Crippen LogP contribution < -0.4 is 10.5 Å². The summed E-state index contributed by atoms with van der Waals surface area (Å²) in [5.41, 5.74) is 6.04. The van der Waals surface area contributed by atoms with E-state index in [1.807, 2.05) is 0 Å². The first-order valence-corrected chi connectivity index (χ1v) is 5.68. The lowest BCUT2D eigenvalue weighted by molar-refractivity contribution is -0.145. The van der Waals surface area contributed by atoms with Gasteiger partial charge in [-0.3, -0.25) is 4.90 Å². The van der Waals surface area contributed by atoms with Gasteiger partial charge in [-0.25, -0.2) is 0 Å². The van der Waals surface area contributed by atoms with Crippen LogP contribution in [0.1, 0.15) is 0 Å². The van der Waals surface area contributed by atoms with Gasteiger partial charge in [-0.15, -0.1) is 0 Å². The van der Waals surface area contributed by atoms with E-state index in [0.29, 0.717) is 11.4 Å². The summed E-state index contributed by atoms with van der Waals surface area (Å²) in [5, 5.41) is 9.59. The number of aliphatic hydroxyl groups excluding tert-OH is 1. The Labute approximate surface area is 109 Å². The average Bonchev–Trinajstić information content (AvgIpc) is 2.25. The van der Waals surface area contributed by atoms with E-state index in [4.69, 9.17) is 10.5 Å². The van der Waals surface area contributed by atoms with E-state index >= 15 is 0 Å². The van der Waals surface area contributed by atoms with E-state index in [2.05, 4.69) is 0 Å². The number of rotatable bonds is 6. The van der Waals surface area contributed by atoms with Gasteiger partial charge in [-0.2, -0.15) is 13.2 Å². The molecule has 108 valence electrons. The molecule has 1 aromatic rings. The van der Waals surface area contributed by atoms with Crippen molar-refractivity contribution in [2.75, 3.05) is 32.5 Å². The lowest BCUT2D eigenvalue weighted by Crippen LogP contribution is -2.38. The van der Waals surface area contributed by atoms with Crippen molar-refractivity contribution in [1.29, 1.82) is 0 Å². The molecule has 0 radical (unpaired) electrons. The van der Waals surface area contributed by atoms with Crippen molar-refractivity contribution in [3.05, 3.63) is 24.3 Å². The number of nitrogens with zero attached hydrogens (tertiary/aromatic N) is 1. The zero-order chi connectivity index (χ0) is 14.5. The highest BCUT2D eigenvalue weighted by molar-refractivity contribution is 5.51. The zero-order valence-corrected chi connectivity index (χ0v) is 10.5. The second-order valence-corrected chi connectivity index (χ2v) is 4.31. The molecular weight excluding hydrogens is 261 g/mol. The van der Waals surface area contributed by atoms with Gasteiger partial charge in [-0.05, 0) is 19.2 Å². The van der Waals surface area contributed by atoms with Crippen LogP contribution in [0.3, 0.4) is 0 Å². The maximum atomic E-state index is 12.1. The van der Waals surface area contributed by atoms with E-state index in [1.165, 1.54) is 7.05 Å². The van der Waals surface area contributed by atoms with Crippen molar-refractivity contribution < 1.29 is 23.0 Å². The second kappa shape index (κ2) is 6.63. The molecule has 0 saturated heterocycles. The summed E-state index contributed by atoms with van der Waals surface area (Å²) < 4.78 is 41.5. The summed E-state index contributed by atoms with van der Waals surface area (Å²) >= 11 is 0. The Kier molecular flexibility index (Phi) is 5.44. The molecule has 0 bridgehead atoms. The number of ether oxygens (including phenoxy) is 1. The fourth-order valence-electron chi connectivity index (χ4n) is 1.58. The molecule has 4 nitrogen and oxygen atoms in total. The Morgan fingerprint density at radius 3 is 2.58 bits per heavy atom. The van der Waals surface area contributed by atoms with Crippen LogP contribution in [0.4, 0.5) is 18.9 Å². The number of aliphatic hydroxyl groups is 1. The quantitative estimate of drug-likeness (QED) is 0.774. The van der Waals surface area contributed by atoms with E-state index in [-0.39, 0.29) is 13.2 Å². The summed E-state index contributed by atoms with van der Waals surface area (Å²) in [6, 6.07) is 6.71. The van der Waals surface area contributed by atoms with Crippen molar-refractivity contribution >= 4 is 5.69 Å². The molecule has 0 aliphatic carbocycles. The third kappa shape index (κ3) is 6.30. The van der Waals surface area contributed by atoms with Crippen molar-refractivity contribution in [2.24, 2.45) is 0 Å². The summed E-state index contributed by atoms with van der Waals surface area (Å²) in [7, 11) is 1.29. The number of para-hydroxylation sites is 2. The third-order valence-electron chi connectivity index (χ3n) is 2.32. The summed E-state index contributed by atoms with van der Waals surface area (Å²) in [6.07, 6.45) is -5.30. The first kappa shape index (κ1) is 15.6. The number of hydrogen-bond acceptors (Lipinski definition) is 4. The van der Waals surface area contributed by atoms with Gasteiger partial charge in [0.25, 0.3) is 0 Å². The molecule has 1 unspecified atom stereocenters. The lowest BCUT2D eigenvalue weighted by atomic mass is 10.3. The number of likely N-dealkylation sites (N-methyl/N-ethyl adjacent to an activating group) is 1. The van der Waals surface area contributed by atoms with Gasteiger partial charge in [0.15, 0.2) is 0 Å². The number of benzene rings is 1. The van der Waals surface area contributed by atoms with Gasteiger partial charge in [0.1, 0.15) is 18.5 Å². The van der Waals surface area contributed by atoms with Crippen LogP contribution in [0.5, 0.6) is 5.75 Å². The number of nitrogen functional groups attached to an aromatic ring is 1. The largest absolute Gasteiger partial charge is 0.489 e. The van der Waals surface area contributed by atoms with Crippen LogP contribution in [0.15, 0.2) is 24.3 Å². The minimum absolute atomic E-state index is 0.115. The van der Waals surface area contributed by atoms with Crippen LogP contribution in [0.25, 0.3) is 0 Å². The van der Waals surface area contributed by atoms with Gasteiger partial charge < -0.3 is 15.6 Å². The Morgan fingerprint density at radius 1 is 1.37 bits per heavy atom. The van der Waals surface area contributed by atoms with Gasteiger partial charge in [0, 0.05) is 6.54 Å². The van der Waals surface area contributed by atoms with Crippen molar-refractivity contribution in [1.82, 2.24) is 4.90 Å². The molecular formula is C12H17F3N2O2. The van der Waals surface area contributed by atoms with Crippen LogP contribution in [0.2, 0.25) is 0 Å². The maximum absolute atomic E-state index is 12.1. The Balaban J connectivity index is 2.36. The zero-order valence-electron chi connectivity index (χ0n) is 10.5. The van der Waals surface area contributed by atoms with Gasteiger partial charge in [0.05, 0.1) is 12.2 Å². The highest BCUT2D eigenvalue weighted by Gasteiger charge is 2.29. The molecule has 3 N–H and O–H groups in total. The highest BCUT2D eigenvalue weighted by atomic mass is 19.4. The third-order valence-corrected chi connectivity index (χ3v) is 2.32. The van der Waals surface area contributed by atoms with Gasteiger partial charge in [0.2, 0.25) is 0 Å². The van der Waals surface area contributed by atoms with E-state index < -0.39 is 18.8 Å². The Hall–Kier alpha value is -1.47. The smallest absolute Gasteiger partial charge is 0.401 e. The molecule has 19 heavy (non-hydrogen) atoms. The number of hydrogen-bond donors (Lipinski definition) is 2. The number of halogens is 3. The predicted molar refractivity (Wildman–Crippen MR) is 65.9 cm³/mol. The van der Waals surface area contributed by atoms with Crippen molar-refractivity contribution in [2.45, 2.75) is 12.3 Å². The van der Waals surface area contributed by atoms with Crippen molar-refractivity contribution in [3.63, 3.8) is 0 Å². The predicted octanol–water partition coefficient (Wildman–Crippen LogP) is 1.50. The molecule has 1 atom stereocenters. The molecule has 1 aromatic carbocycles. The minimum Gasteiger partial charge on any atom is -0.489 e. The topological polar surface area (TPSA) is 58.7 Å². The molecule has 0 saturated carbocycles. The van der Waals surface area contributed by atoms with E-state index in [9.17, 15) is 18.3 Å². The highest BCUT2D eigenvalue weighted by Crippen LogP contribution is 2.20. The van der Waals surface area contributed by atoms with E-state index in [1.54, 1.807) is 24.3 Å². The fourth-order valence-corrected chi connectivity index (χ4v) is 1.58. The van der Waals surface area contributed by atoms with Crippen molar-refractivity contribution in [3.8, 4) is 5.75 Å². The number of nitrogens with two attached hydrogens (primary N) is 1. The first-order chi connectivity index (χ1) is 8.78. The SMILES string of the molecule is CN(CC(O)COc1ccccc1N)CC(F)(F)F. The molecule has 0 fully saturated rings. The Bertz CT molecular complexity index is 399.